The molecule has 2 saturated carbocycles. The maximum Gasteiger partial charge on any atom is 0.323 e. The Labute approximate surface area is 127 Å². The SMILES string of the molecule is COCCN(CCC1CCCC1(N)C(=O)O)C(C)C1CC1. The first-order valence-electron chi connectivity index (χ1n) is 8.24. The van der Waals surface area contributed by atoms with Crippen LogP contribution in [0.4, 0.5) is 0 Å². The molecular formula is C16H30N2O3. The summed E-state index contributed by atoms with van der Waals surface area (Å²) in [5, 5.41) is 9.40. The van der Waals surface area contributed by atoms with Crippen LogP contribution in [-0.4, -0.2) is 54.4 Å². The molecule has 0 aromatic rings. The molecule has 122 valence electrons. The van der Waals surface area contributed by atoms with E-state index in [-0.39, 0.29) is 5.92 Å². The zero-order valence-electron chi connectivity index (χ0n) is 13.4. The first-order chi connectivity index (χ1) is 9.99. The molecule has 5 heteroatoms. The van der Waals surface area contributed by atoms with Crippen LogP contribution in [-0.2, 0) is 9.53 Å². The van der Waals surface area contributed by atoms with Crippen molar-refractivity contribution in [2.75, 3.05) is 26.8 Å². The number of hydrogen-bond acceptors (Lipinski definition) is 4. The highest BCUT2D eigenvalue weighted by Gasteiger charge is 2.45. The van der Waals surface area contributed by atoms with Gasteiger partial charge in [-0.1, -0.05) is 6.42 Å². The summed E-state index contributed by atoms with van der Waals surface area (Å²) in [5.74, 6) is 0.0858. The van der Waals surface area contributed by atoms with E-state index in [1.165, 1.54) is 12.8 Å². The number of nitrogens with two attached hydrogens (primary N) is 1. The van der Waals surface area contributed by atoms with Gasteiger partial charge in [0, 0.05) is 19.7 Å². The zero-order chi connectivity index (χ0) is 15.5. The molecule has 2 rings (SSSR count). The van der Waals surface area contributed by atoms with Gasteiger partial charge in [-0.05, 0) is 57.4 Å². The molecule has 0 aliphatic heterocycles. The molecule has 0 heterocycles. The molecule has 0 aromatic carbocycles. The van der Waals surface area contributed by atoms with Crippen molar-refractivity contribution in [1.82, 2.24) is 4.90 Å². The van der Waals surface area contributed by atoms with Gasteiger partial charge < -0.3 is 15.6 Å². The fraction of sp³-hybridized carbons (Fsp3) is 0.938. The van der Waals surface area contributed by atoms with Gasteiger partial charge in [0.25, 0.3) is 0 Å². The third-order valence-corrected chi connectivity index (χ3v) is 5.50. The summed E-state index contributed by atoms with van der Waals surface area (Å²) in [7, 11) is 1.73. The van der Waals surface area contributed by atoms with Crippen molar-refractivity contribution in [3.63, 3.8) is 0 Å². The van der Waals surface area contributed by atoms with Gasteiger partial charge in [0.1, 0.15) is 5.54 Å². The standard InChI is InChI=1S/C16H30N2O3/c1-12(13-5-6-13)18(10-11-21-2)9-7-14-4-3-8-16(14,17)15(19)20/h12-14H,3-11,17H2,1-2H3,(H,19,20). The summed E-state index contributed by atoms with van der Waals surface area (Å²) in [6.45, 7) is 4.87. The van der Waals surface area contributed by atoms with E-state index in [0.717, 1.165) is 44.9 Å². The second-order valence-electron chi connectivity index (χ2n) is 6.83. The molecule has 0 spiro atoms. The molecule has 3 atom stereocenters. The average Bonchev–Trinajstić information content (AvgIpc) is 3.23. The van der Waals surface area contributed by atoms with Crippen molar-refractivity contribution in [2.24, 2.45) is 17.6 Å². The lowest BCUT2D eigenvalue weighted by Gasteiger charge is -2.33. The van der Waals surface area contributed by atoms with E-state index in [4.69, 9.17) is 10.5 Å². The summed E-state index contributed by atoms with van der Waals surface area (Å²) in [6.07, 6.45) is 6.02. The Morgan fingerprint density at radius 1 is 1.43 bits per heavy atom. The topological polar surface area (TPSA) is 75.8 Å². The highest BCUT2D eigenvalue weighted by molar-refractivity contribution is 5.79. The van der Waals surface area contributed by atoms with E-state index in [1.54, 1.807) is 7.11 Å². The van der Waals surface area contributed by atoms with Crippen molar-refractivity contribution >= 4 is 5.97 Å². The van der Waals surface area contributed by atoms with Crippen molar-refractivity contribution in [1.29, 1.82) is 0 Å². The van der Waals surface area contributed by atoms with E-state index in [2.05, 4.69) is 11.8 Å². The second kappa shape index (κ2) is 7.07. The first-order valence-corrected chi connectivity index (χ1v) is 8.24. The molecule has 21 heavy (non-hydrogen) atoms. The van der Waals surface area contributed by atoms with Crippen molar-refractivity contribution < 1.29 is 14.6 Å². The Bertz CT molecular complexity index is 359. The van der Waals surface area contributed by atoms with Crippen LogP contribution in [0.3, 0.4) is 0 Å². The van der Waals surface area contributed by atoms with Gasteiger partial charge in [-0.15, -0.1) is 0 Å². The molecule has 0 aromatic heterocycles. The number of rotatable bonds is 9. The second-order valence-corrected chi connectivity index (χ2v) is 6.83. The van der Waals surface area contributed by atoms with E-state index in [1.807, 2.05) is 0 Å². The highest BCUT2D eigenvalue weighted by Crippen LogP contribution is 2.38. The molecular weight excluding hydrogens is 268 g/mol. The number of ether oxygens (including phenoxy) is 1. The zero-order valence-corrected chi connectivity index (χ0v) is 13.4. The van der Waals surface area contributed by atoms with Crippen molar-refractivity contribution in [3.8, 4) is 0 Å². The fourth-order valence-corrected chi connectivity index (χ4v) is 3.71. The predicted octanol–water partition coefficient (Wildman–Crippen LogP) is 1.71. The number of carbonyl (C=O) groups is 1. The summed E-state index contributed by atoms with van der Waals surface area (Å²) >= 11 is 0. The van der Waals surface area contributed by atoms with E-state index in [9.17, 15) is 9.90 Å². The van der Waals surface area contributed by atoms with Crippen LogP contribution in [0.15, 0.2) is 0 Å². The predicted molar refractivity (Wildman–Crippen MR) is 82.1 cm³/mol. The Kier molecular flexibility index (Phi) is 5.63. The van der Waals surface area contributed by atoms with Crippen LogP contribution < -0.4 is 5.73 Å². The van der Waals surface area contributed by atoms with Gasteiger partial charge in [-0.3, -0.25) is 9.69 Å². The molecule has 0 radical (unpaired) electrons. The average molecular weight is 298 g/mol. The minimum atomic E-state index is -1.00. The maximum absolute atomic E-state index is 11.4. The third-order valence-electron chi connectivity index (χ3n) is 5.50. The van der Waals surface area contributed by atoms with E-state index < -0.39 is 11.5 Å². The normalized spacial score (nSPS) is 30.8. The number of hydrogen-bond donors (Lipinski definition) is 2. The molecule has 2 aliphatic rings. The number of methoxy groups -OCH3 is 1. The van der Waals surface area contributed by atoms with E-state index >= 15 is 0 Å². The molecule has 0 amide bonds. The van der Waals surface area contributed by atoms with Crippen LogP contribution in [0.25, 0.3) is 0 Å². The van der Waals surface area contributed by atoms with Crippen LogP contribution >= 0.6 is 0 Å². The largest absolute Gasteiger partial charge is 0.480 e. The Hall–Kier alpha value is -0.650. The highest BCUT2D eigenvalue weighted by atomic mass is 16.5. The van der Waals surface area contributed by atoms with Gasteiger partial charge in [0.05, 0.1) is 6.61 Å². The number of aliphatic carboxylic acids is 1. The molecule has 5 nitrogen and oxygen atoms in total. The maximum atomic E-state index is 11.4. The molecule has 3 N–H and O–H groups in total. The molecule has 0 bridgehead atoms. The smallest absolute Gasteiger partial charge is 0.323 e. The summed E-state index contributed by atoms with van der Waals surface area (Å²) in [5.41, 5.74) is 5.13. The van der Waals surface area contributed by atoms with Crippen LogP contribution in [0, 0.1) is 11.8 Å². The van der Waals surface area contributed by atoms with Gasteiger partial charge in [-0.25, -0.2) is 0 Å². The molecule has 0 saturated heterocycles. The van der Waals surface area contributed by atoms with Gasteiger partial charge in [-0.2, -0.15) is 0 Å². The Balaban J connectivity index is 1.89. The van der Waals surface area contributed by atoms with Crippen molar-refractivity contribution in [3.05, 3.63) is 0 Å². The lowest BCUT2D eigenvalue weighted by atomic mass is 9.85. The number of carboxylic acids is 1. The van der Waals surface area contributed by atoms with Crippen LogP contribution in [0.5, 0.6) is 0 Å². The first kappa shape index (κ1) is 16.7. The van der Waals surface area contributed by atoms with Gasteiger partial charge in [0.15, 0.2) is 0 Å². The summed E-state index contributed by atoms with van der Waals surface area (Å²) < 4.78 is 5.21. The quantitative estimate of drug-likeness (QED) is 0.677. The van der Waals surface area contributed by atoms with Crippen LogP contribution in [0.1, 0.15) is 45.4 Å². The fourth-order valence-electron chi connectivity index (χ4n) is 3.71. The number of carboxylic acid groups (broad SMARTS) is 1. The monoisotopic (exact) mass is 298 g/mol. The Morgan fingerprint density at radius 3 is 2.71 bits per heavy atom. The van der Waals surface area contributed by atoms with Gasteiger partial charge in [0.2, 0.25) is 0 Å². The Morgan fingerprint density at radius 2 is 2.14 bits per heavy atom. The molecule has 2 fully saturated rings. The molecule has 2 aliphatic carbocycles. The van der Waals surface area contributed by atoms with Crippen LogP contribution in [0.2, 0.25) is 0 Å². The minimum Gasteiger partial charge on any atom is -0.480 e. The third kappa shape index (κ3) is 3.96. The molecule has 3 unspecified atom stereocenters. The van der Waals surface area contributed by atoms with E-state index in [0.29, 0.717) is 12.5 Å². The van der Waals surface area contributed by atoms with Gasteiger partial charge >= 0.3 is 5.97 Å². The lowest BCUT2D eigenvalue weighted by molar-refractivity contribution is -0.144. The summed E-state index contributed by atoms with van der Waals surface area (Å²) in [6, 6.07) is 0.568. The summed E-state index contributed by atoms with van der Waals surface area (Å²) in [4.78, 5) is 13.9. The minimum absolute atomic E-state index is 0.103. The number of nitrogens with zero attached hydrogens (tertiary/aromatic N) is 1. The van der Waals surface area contributed by atoms with Crippen molar-refractivity contribution in [2.45, 2.75) is 57.0 Å². The lowest BCUT2D eigenvalue weighted by Crippen LogP contribution is -2.52.